The zero-order chi connectivity index (χ0) is 17.4. The smallest absolute Gasteiger partial charge is 0.338 e. The van der Waals surface area contributed by atoms with Crippen LogP contribution in [0.2, 0.25) is 0 Å². The second kappa shape index (κ2) is 8.87. The summed E-state index contributed by atoms with van der Waals surface area (Å²) in [4.78, 5) is 24.3. The molecule has 0 aliphatic heterocycles. The quantitative estimate of drug-likeness (QED) is 0.562. The van der Waals surface area contributed by atoms with Gasteiger partial charge in [0.2, 0.25) is 0 Å². The maximum atomic E-state index is 12.1. The topological polar surface area (TPSA) is 52.6 Å². The summed E-state index contributed by atoms with van der Waals surface area (Å²) in [5.74, 6) is -0.793. The number of hydrogen-bond acceptors (Lipinski definition) is 4. The maximum Gasteiger partial charge on any atom is 0.338 e. The molecule has 0 atom stereocenters. The van der Waals surface area contributed by atoms with Gasteiger partial charge in [-0.2, -0.15) is 0 Å². The summed E-state index contributed by atoms with van der Waals surface area (Å²) in [6.45, 7) is 4.38. The highest BCUT2D eigenvalue weighted by molar-refractivity contribution is 5.92. The van der Waals surface area contributed by atoms with Crippen LogP contribution >= 0.6 is 0 Å². The molecule has 0 aliphatic carbocycles. The molecule has 0 aliphatic rings. The summed E-state index contributed by atoms with van der Waals surface area (Å²) in [5, 5.41) is 0. The molecular weight excluding hydrogens is 304 g/mol. The summed E-state index contributed by atoms with van der Waals surface area (Å²) in [5.41, 5.74) is 2.56. The van der Waals surface area contributed by atoms with Crippen molar-refractivity contribution in [1.29, 1.82) is 0 Å². The van der Waals surface area contributed by atoms with E-state index >= 15 is 0 Å². The summed E-state index contributed by atoms with van der Waals surface area (Å²) in [6, 6.07) is 14.2. The zero-order valence-corrected chi connectivity index (χ0v) is 14.1. The molecule has 126 valence electrons. The second-order valence-electron chi connectivity index (χ2n) is 5.59. The Bertz CT molecular complexity index is 706. The van der Waals surface area contributed by atoms with E-state index in [1.807, 2.05) is 26.0 Å². The number of esters is 2. The molecule has 0 radical (unpaired) electrons. The third-order valence-corrected chi connectivity index (χ3v) is 3.58. The number of carbonyl (C=O) groups excluding carboxylic acids is 2. The minimum Gasteiger partial charge on any atom is -0.462 e. The first kappa shape index (κ1) is 17.7. The summed E-state index contributed by atoms with van der Waals surface area (Å²) in [7, 11) is 0. The van der Waals surface area contributed by atoms with E-state index in [0.29, 0.717) is 23.3 Å². The highest BCUT2D eigenvalue weighted by atomic mass is 16.5. The molecule has 0 N–H and O–H groups in total. The van der Waals surface area contributed by atoms with Crippen LogP contribution in [0.5, 0.6) is 0 Å². The molecule has 0 bridgehead atoms. The molecule has 0 heterocycles. The summed E-state index contributed by atoms with van der Waals surface area (Å²) >= 11 is 0. The van der Waals surface area contributed by atoms with Crippen molar-refractivity contribution in [2.24, 2.45) is 0 Å². The molecule has 2 aromatic rings. The van der Waals surface area contributed by atoms with Gasteiger partial charge in [-0.25, -0.2) is 9.59 Å². The standard InChI is InChI=1S/C20H22O4/c1-3-4-12-23-20(22)18-11-6-5-9-17(18)14-24-19(21)16-10-7-8-15(2)13-16/h5-11,13H,3-4,12,14H2,1-2H3. The first-order valence-electron chi connectivity index (χ1n) is 8.10. The van der Waals surface area contributed by atoms with Crippen LogP contribution in [0, 0.1) is 6.92 Å². The fourth-order valence-corrected chi connectivity index (χ4v) is 2.23. The molecule has 2 rings (SSSR count). The Morgan fingerprint density at radius 2 is 1.75 bits per heavy atom. The van der Waals surface area contributed by atoms with Crippen molar-refractivity contribution in [3.05, 3.63) is 70.8 Å². The van der Waals surface area contributed by atoms with Gasteiger partial charge in [0.25, 0.3) is 0 Å². The molecule has 24 heavy (non-hydrogen) atoms. The van der Waals surface area contributed by atoms with Gasteiger partial charge >= 0.3 is 11.9 Å². The normalized spacial score (nSPS) is 10.2. The van der Waals surface area contributed by atoms with Crippen molar-refractivity contribution in [1.82, 2.24) is 0 Å². The molecule has 4 nitrogen and oxygen atoms in total. The van der Waals surface area contributed by atoms with E-state index in [0.717, 1.165) is 18.4 Å². The highest BCUT2D eigenvalue weighted by Gasteiger charge is 2.14. The van der Waals surface area contributed by atoms with Crippen molar-refractivity contribution in [2.75, 3.05) is 6.61 Å². The number of rotatable bonds is 7. The number of benzene rings is 2. The fraction of sp³-hybridized carbons (Fsp3) is 0.300. The third-order valence-electron chi connectivity index (χ3n) is 3.58. The Kier molecular flexibility index (Phi) is 6.55. The van der Waals surface area contributed by atoms with E-state index in [1.165, 1.54) is 0 Å². The number of hydrogen-bond donors (Lipinski definition) is 0. The lowest BCUT2D eigenvalue weighted by Crippen LogP contribution is -2.12. The third kappa shape index (κ3) is 4.95. The average Bonchev–Trinajstić information content (AvgIpc) is 2.60. The van der Waals surface area contributed by atoms with Crippen LogP contribution < -0.4 is 0 Å². The van der Waals surface area contributed by atoms with Crippen LogP contribution in [-0.2, 0) is 16.1 Å². The van der Waals surface area contributed by atoms with Crippen molar-refractivity contribution < 1.29 is 19.1 Å². The number of ether oxygens (including phenoxy) is 2. The van der Waals surface area contributed by atoms with E-state index in [2.05, 4.69) is 0 Å². The molecule has 0 unspecified atom stereocenters. The van der Waals surface area contributed by atoms with Crippen molar-refractivity contribution in [3.63, 3.8) is 0 Å². The second-order valence-corrected chi connectivity index (χ2v) is 5.59. The van der Waals surface area contributed by atoms with Crippen LogP contribution in [0.3, 0.4) is 0 Å². The summed E-state index contributed by atoms with van der Waals surface area (Å²) in [6.07, 6.45) is 1.79. The Hall–Kier alpha value is -2.62. The Balaban J connectivity index is 2.02. The lowest BCUT2D eigenvalue weighted by atomic mass is 10.1. The SMILES string of the molecule is CCCCOC(=O)c1ccccc1COC(=O)c1cccc(C)c1. The maximum absolute atomic E-state index is 12.1. The molecule has 0 spiro atoms. The van der Waals surface area contributed by atoms with Gasteiger partial charge in [0.1, 0.15) is 6.61 Å². The number of aryl methyl sites for hydroxylation is 1. The lowest BCUT2D eigenvalue weighted by molar-refractivity contribution is 0.0442. The van der Waals surface area contributed by atoms with Crippen molar-refractivity contribution in [2.45, 2.75) is 33.3 Å². The first-order chi connectivity index (χ1) is 11.6. The number of carbonyl (C=O) groups is 2. The first-order valence-corrected chi connectivity index (χ1v) is 8.10. The van der Waals surface area contributed by atoms with E-state index in [9.17, 15) is 9.59 Å². The lowest BCUT2D eigenvalue weighted by Gasteiger charge is -2.10. The molecular formula is C20H22O4. The van der Waals surface area contributed by atoms with Gasteiger partial charge in [0, 0.05) is 5.56 Å². The largest absolute Gasteiger partial charge is 0.462 e. The molecule has 0 saturated carbocycles. The van der Waals surface area contributed by atoms with Crippen molar-refractivity contribution in [3.8, 4) is 0 Å². The average molecular weight is 326 g/mol. The van der Waals surface area contributed by atoms with Gasteiger partial charge in [-0.3, -0.25) is 0 Å². The highest BCUT2D eigenvalue weighted by Crippen LogP contribution is 2.14. The fourth-order valence-electron chi connectivity index (χ4n) is 2.23. The van der Waals surface area contributed by atoms with Crippen LogP contribution in [0.25, 0.3) is 0 Å². The Morgan fingerprint density at radius 3 is 2.50 bits per heavy atom. The van der Waals surface area contributed by atoms with Gasteiger partial charge in [0.05, 0.1) is 17.7 Å². The molecule has 0 aromatic heterocycles. The van der Waals surface area contributed by atoms with Crippen LogP contribution in [0.15, 0.2) is 48.5 Å². The molecule has 0 fully saturated rings. The van der Waals surface area contributed by atoms with Gasteiger partial charge in [-0.05, 0) is 31.5 Å². The van der Waals surface area contributed by atoms with E-state index in [1.54, 1.807) is 36.4 Å². The zero-order valence-electron chi connectivity index (χ0n) is 14.1. The Labute approximate surface area is 142 Å². The van der Waals surface area contributed by atoms with Crippen LogP contribution in [-0.4, -0.2) is 18.5 Å². The molecule has 0 amide bonds. The van der Waals surface area contributed by atoms with Crippen molar-refractivity contribution >= 4 is 11.9 Å². The van der Waals surface area contributed by atoms with E-state index in [-0.39, 0.29) is 12.6 Å². The van der Waals surface area contributed by atoms with Crippen LogP contribution in [0.4, 0.5) is 0 Å². The van der Waals surface area contributed by atoms with Gasteiger partial charge in [-0.15, -0.1) is 0 Å². The molecule has 2 aromatic carbocycles. The van der Waals surface area contributed by atoms with Gasteiger partial charge in [0.15, 0.2) is 0 Å². The van der Waals surface area contributed by atoms with Gasteiger partial charge < -0.3 is 9.47 Å². The monoisotopic (exact) mass is 326 g/mol. The van der Waals surface area contributed by atoms with E-state index < -0.39 is 5.97 Å². The van der Waals surface area contributed by atoms with Gasteiger partial charge in [-0.1, -0.05) is 49.2 Å². The number of unbranched alkanes of at least 4 members (excludes halogenated alkanes) is 1. The Morgan fingerprint density at radius 1 is 0.958 bits per heavy atom. The minimum absolute atomic E-state index is 0.0336. The summed E-state index contributed by atoms with van der Waals surface area (Å²) < 4.78 is 10.6. The van der Waals surface area contributed by atoms with E-state index in [4.69, 9.17) is 9.47 Å². The minimum atomic E-state index is -0.409. The predicted molar refractivity (Wildman–Crippen MR) is 91.9 cm³/mol. The molecule has 0 saturated heterocycles. The predicted octanol–water partition coefficient (Wildman–Crippen LogP) is 4.31. The molecule has 4 heteroatoms. The van der Waals surface area contributed by atoms with Crippen LogP contribution in [0.1, 0.15) is 51.6 Å².